The van der Waals surface area contributed by atoms with Crippen LogP contribution >= 0.6 is 0 Å². The van der Waals surface area contributed by atoms with Gasteiger partial charge < -0.3 is 10.0 Å². The summed E-state index contributed by atoms with van der Waals surface area (Å²) in [7, 11) is 2.20. The first-order valence-electron chi connectivity index (χ1n) is 6.70. The summed E-state index contributed by atoms with van der Waals surface area (Å²) in [6.45, 7) is 1.01. The van der Waals surface area contributed by atoms with E-state index < -0.39 is 5.60 Å². The average Bonchev–Trinajstić information content (AvgIpc) is 2.86. The van der Waals surface area contributed by atoms with E-state index in [1.807, 2.05) is 18.2 Å². The van der Waals surface area contributed by atoms with Crippen molar-refractivity contribution in [2.45, 2.75) is 37.3 Å². The van der Waals surface area contributed by atoms with Crippen LogP contribution in [0.4, 0.5) is 0 Å². The summed E-state index contributed by atoms with van der Waals surface area (Å²) in [6.07, 6.45) is 4.54. The Balaban J connectivity index is 1.97. The maximum atomic E-state index is 11.1. The number of aliphatic hydroxyl groups is 1. The zero-order chi connectivity index (χ0) is 11.9. The molecule has 0 bridgehead atoms. The Morgan fingerprint density at radius 3 is 2.76 bits per heavy atom. The third kappa shape index (κ3) is 1.71. The molecule has 1 saturated heterocycles. The molecule has 2 heteroatoms. The van der Waals surface area contributed by atoms with Crippen molar-refractivity contribution in [1.29, 1.82) is 0 Å². The number of hydrogen-bond donors (Lipinski definition) is 1. The molecule has 1 aliphatic carbocycles. The standard InChI is InChI=1S/C15H21NO/c1-16-11-10-15(17,12-6-3-2-4-7-12)13-8-5-9-14(13)16/h2-4,6-7,13-14,17H,5,8-11H2,1H3/t13-,14-,15+/m0/s1. The van der Waals surface area contributed by atoms with Crippen LogP contribution in [-0.4, -0.2) is 29.6 Å². The number of likely N-dealkylation sites (tertiary alicyclic amines) is 1. The lowest BCUT2D eigenvalue weighted by Gasteiger charge is -2.46. The van der Waals surface area contributed by atoms with Crippen molar-refractivity contribution in [3.05, 3.63) is 35.9 Å². The molecular formula is C15H21NO. The molecule has 0 amide bonds. The molecule has 0 unspecified atom stereocenters. The average molecular weight is 231 g/mol. The first-order chi connectivity index (χ1) is 8.22. The minimum Gasteiger partial charge on any atom is -0.385 e. The highest BCUT2D eigenvalue weighted by atomic mass is 16.3. The van der Waals surface area contributed by atoms with Gasteiger partial charge in [0.15, 0.2) is 0 Å². The highest BCUT2D eigenvalue weighted by Gasteiger charge is 2.49. The van der Waals surface area contributed by atoms with Gasteiger partial charge in [-0.3, -0.25) is 0 Å². The van der Waals surface area contributed by atoms with Gasteiger partial charge >= 0.3 is 0 Å². The van der Waals surface area contributed by atoms with Crippen LogP contribution < -0.4 is 0 Å². The van der Waals surface area contributed by atoms with Gasteiger partial charge in [0.2, 0.25) is 0 Å². The first-order valence-corrected chi connectivity index (χ1v) is 6.70. The Morgan fingerprint density at radius 2 is 2.00 bits per heavy atom. The quantitative estimate of drug-likeness (QED) is 0.802. The van der Waals surface area contributed by atoms with Gasteiger partial charge in [0.1, 0.15) is 0 Å². The normalized spacial score (nSPS) is 38.0. The van der Waals surface area contributed by atoms with E-state index in [4.69, 9.17) is 0 Å². The van der Waals surface area contributed by atoms with E-state index >= 15 is 0 Å². The Labute approximate surface area is 103 Å². The van der Waals surface area contributed by atoms with Crippen molar-refractivity contribution in [2.75, 3.05) is 13.6 Å². The van der Waals surface area contributed by atoms with Crippen LogP contribution in [0.5, 0.6) is 0 Å². The lowest BCUT2D eigenvalue weighted by molar-refractivity contribution is -0.0901. The Bertz CT molecular complexity index is 391. The molecule has 0 spiro atoms. The summed E-state index contributed by atoms with van der Waals surface area (Å²) in [4.78, 5) is 2.44. The third-order valence-electron chi connectivity index (χ3n) is 4.78. The molecule has 3 atom stereocenters. The monoisotopic (exact) mass is 231 g/mol. The molecule has 3 rings (SSSR count). The summed E-state index contributed by atoms with van der Waals surface area (Å²) < 4.78 is 0. The molecular weight excluding hydrogens is 210 g/mol. The second kappa shape index (κ2) is 4.11. The highest BCUT2D eigenvalue weighted by Crippen LogP contribution is 2.47. The lowest BCUT2D eigenvalue weighted by Crippen LogP contribution is -2.52. The molecule has 1 aromatic rings. The van der Waals surface area contributed by atoms with Gasteiger partial charge in [-0.1, -0.05) is 36.8 Å². The van der Waals surface area contributed by atoms with Gasteiger partial charge in [0, 0.05) is 18.5 Å². The van der Waals surface area contributed by atoms with Crippen molar-refractivity contribution >= 4 is 0 Å². The molecule has 17 heavy (non-hydrogen) atoms. The minimum atomic E-state index is -0.588. The highest BCUT2D eigenvalue weighted by molar-refractivity contribution is 5.25. The van der Waals surface area contributed by atoms with E-state index in [1.165, 1.54) is 19.3 Å². The zero-order valence-corrected chi connectivity index (χ0v) is 10.5. The van der Waals surface area contributed by atoms with Crippen molar-refractivity contribution in [3.8, 4) is 0 Å². The van der Waals surface area contributed by atoms with Crippen LogP contribution in [0, 0.1) is 5.92 Å². The zero-order valence-electron chi connectivity index (χ0n) is 10.5. The smallest absolute Gasteiger partial charge is 0.0951 e. The summed E-state index contributed by atoms with van der Waals surface area (Å²) >= 11 is 0. The number of fused-ring (bicyclic) bond motifs is 1. The molecule has 0 aromatic heterocycles. The molecule has 2 fully saturated rings. The predicted octanol–water partition coefficient (Wildman–Crippen LogP) is 2.38. The first kappa shape index (κ1) is 11.2. The summed E-state index contributed by atoms with van der Waals surface area (Å²) in [5.74, 6) is 0.420. The largest absolute Gasteiger partial charge is 0.385 e. The second-order valence-electron chi connectivity index (χ2n) is 5.63. The molecule has 92 valence electrons. The molecule has 1 N–H and O–H groups in total. The van der Waals surface area contributed by atoms with E-state index in [-0.39, 0.29) is 0 Å². The van der Waals surface area contributed by atoms with E-state index in [0.717, 1.165) is 18.5 Å². The third-order valence-corrected chi connectivity index (χ3v) is 4.78. The summed E-state index contributed by atoms with van der Waals surface area (Å²) in [6, 6.07) is 10.8. The van der Waals surface area contributed by atoms with Crippen LogP contribution in [0.25, 0.3) is 0 Å². The number of nitrogens with zero attached hydrogens (tertiary/aromatic N) is 1. The molecule has 1 aromatic carbocycles. The summed E-state index contributed by atoms with van der Waals surface area (Å²) in [5.41, 5.74) is 0.527. The number of benzene rings is 1. The Hall–Kier alpha value is -0.860. The molecule has 2 nitrogen and oxygen atoms in total. The van der Waals surface area contributed by atoms with Gasteiger partial charge in [-0.05, 0) is 31.9 Å². The van der Waals surface area contributed by atoms with E-state index in [0.29, 0.717) is 12.0 Å². The van der Waals surface area contributed by atoms with E-state index in [1.54, 1.807) is 0 Å². The van der Waals surface area contributed by atoms with Crippen molar-refractivity contribution in [2.24, 2.45) is 5.92 Å². The maximum absolute atomic E-state index is 11.1. The SMILES string of the molecule is CN1CC[C@@](O)(c2ccccc2)[C@H]2CCC[C@@H]21. The van der Waals surface area contributed by atoms with E-state index in [2.05, 4.69) is 24.1 Å². The molecule has 1 heterocycles. The van der Waals surface area contributed by atoms with Crippen molar-refractivity contribution < 1.29 is 5.11 Å². The number of piperidine rings is 1. The van der Waals surface area contributed by atoms with Crippen LogP contribution in [0.15, 0.2) is 30.3 Å². The molecule has 1 saturated carbocycles. The van der Waals surface area contributed by atoms with Gasteiger partial charge in [0.05, 0.1) is 5.60 Å². The van der Waals surface area contributed by atoms with Crippen molar-refractivity contribution in [1.82, 2.24) is 4.90 Å². The van der Waals surface area contributed by atoms with Gasteiger partial charge in [-0.15, -0.1) is 0 Å². The van der Waals surface area contributed by atoms with Crippen LogP contribution in [0.1, 0.15) is 31.2 Å². The molecule has 0 radical (unpaired) electrons. The van der Waals surface area contributed by atoms with Gasteiger partial charge in [-0.25, -0.2) is 0 Å². The maximum Gasteiger partial charge on any atom is 0.0951 e. The lowest BCUT2D eigenvalue weighted by atomic mass is 9.73. The second-order valence-corrected chi connectivity index (χ2v) is 5.63. The van der Waals surface area contributed by atoms with Crippen molar-refractivity contribution in [3.63, 3.8) is 0 Å². The Kier molecular flexibility index (Phi) is 2.72. The van der Waals surface area contributed by atoms with Crippen LogP contribution in [0.2, 0.25) is 0 Å². The fourth-order valence-corrected chi connectivity index (χ4v) is 3.81. The van der Waals surface area contributed by atoms with Gasteiger partial charge in [0.25, 0.3) is 0 Å². The Morgan fingerprint density at radius 1 is 1.24 bits per heavy atom. The van der Waals surface area contributed by atoms with Gasteiger partial charge in [-0.2, -0.15) is 0 Å². The fourth-order valence-electron chi connectivity index (χ4n) is 3.81. The topological polar surface area (TPSA) is 23.5 Å². The summed E-state index contributed by atoms with van der Waals surface area (Å²) in [5, 5.41) is 11.1. The van der Waals surface area contributed by atoms with E-state index in [9.17, 15) is 5.11 Å². The predicted molar refractivity (Wildman–Crippen MR) is 68.7 cm³/mol. The molecule has 1 aliphatic heterocycles. The van der Waals surface area contributed by atoms with Crippen LogP contribution in [0.3, 0.4) is 0 Å². The fraction of sp³-hybridized carbons (Fsp3) is 0.600. The minimum absolute atomic E-state index is 0.420. The number of hydrogen-bond acceptors (Lipinski definition) is 2. The molecule has 2 aliphatic rings. The number of rotatable bonds is 1. The van der Waals surface area contributed by atoms with Crippen LogP contribution in [-0.2, 0) is 5.60 Å².